The Morgan fingerprint density at radius 3 is 2.15 bits per heavy atom. The van der Waals surface area contributed by atoms with Crippen LogP contribution in [-0.2, 0) is 52.5 Å². The van der Waals surface area contributed by atoms with Gasteiger partial charge in [-0.25, -0.2) is 4.79 Å². The van der Waals surface area contributed by atoms with Crippen LogP contribution in [0, 0.1) is 28.1 Å². The molecule has 0 heterocycles. The smallest absolute Gasteiger partial charge is 0.333 e. The maximum absolute atomic E-state index is 13.4. The lowest BCUT2D eigenvalue weighted by atomic mass is 9.68. The summed E-state index contributed by atoms with van der Waals surface area (Å²) >= 11 is 0.852. The van der Waals surface area contributed by atoms with Crippen molar-refractivity contribution < 1.29 is 57.6 Å². The second-order valence-corrected chi connectivity index (χ2v) is 12.7. The van der Waals surface area contributed by atoms with Crippen molar-refractivity contribution in [1.29, 1.82) is 5.26 Å². The van der Waals surface area contributed by atoms with Gasteiger partial charge in [-0.3, -0.25) is 24.0 Å². The molecule has 0 aliphatic rings. The van der Waals surface area contributed by atoms with Crippen LogP contribution < -0.4 is 0 Å². The molecule has 47 heavy (non-hydrogen) atoms. The van der Waals surface area contributed by atoms with Crippen molar-refractivity contribution in [3.05, 3.63) is 24.3 Å². The number of esters is 4. The van der Waals surface area contributed by atoms with Crippen molar-refractivity contribution >= 4 is 46.5 Å². The SMILES string of the molecule is C=C(C)C(=O)COC(O)COC(=O)CCC(C)(C#N)C(CC(C)(CSC(=O)CCCOC(=O)C(=C)C)C(=O)OC)C(=O)OCCCC. The van der Waals surface area contributed by atoms with E-state index in [1.807, 2.05) is 6.92 Å². The number of thioether (sulfide) groups is 1. The van der Waals surface area contributed by atoms with Crippen molar-refractivity contribution in [1.82, 2.24) is 0 Å². The van der Waals surface area contributed by atoms with Crippen molar-refractivity contribution in [3.63, 3.8) is 0 Å². The minimum Gasteiger partial charge on any atom is -0.469 e. The summed E-state index contributed by atoms with van der Waals surface area (Å²) in [4.78, 5) is 74.7. The fourth-order valence-electron chi connectivity index (χ4n) is 3.95. The fourth-order valence-corrected chi connectivity index (χ4v) is 4.95. The van der Waals surface area contributed by atoms with Crippen LogP contribution in [0.4, 0.5) is 0 Å². The first-order valence-electron chi connectivity index (χ1n) is 15.2. The molecule has 0 bridgehead atoms. The number of aliphatic hydroxyl groups excluding tert-OH is 1. The van der Waals surface area contributed by atoms with Gasteiger partial charge in [-0.1, -0.05) is 38.3 Å². The van der Waals surface area contributed by atoms with Crippen molar-refractivity contribution in [3.8, 4) is 6.07 Å². The largest absolute Gasteiger partial charge is 0.469 e. The molecule has 0 aromatic rings. The molecular weight excluding hydrogens is 634 g/mol. The molecule has 0 aromatic carbocycles. The van der Waals surface area contributed by atoms with E-state index in [9.17, 15) is 39.1 Å². The molecule has 4 unspecified atom stereocenters. The van der Waals surface area contributed by atoms with Crippen LogP contribution in [0.2, 0.25) is 0 Å². The number of hydrogen-bond acceptors (Lipinski definition) is 14. The Morgan fingerprint density at radius 2 is 1.60 bits per heavy atom. The maximum atomic E-state index is 13.4. The van der Waals surface area contributed by atoms with Gasteiger partial charge in [0, 0.05) is 24.2 Å². The number of aliphatic hydroxyl groups is 1. The number of methoxy groups -OCH3 is 1. The van der Waals surface area contributed by atoms with Gasteiger partial charge in [-0.2, -0.15) is 5.26 Å². The molecule has 1 N–H and O–H groups in total. The van der Waals surface area contributed by atoms with E-state index in [1.54, 1.807) is 0 Å². The summed E-state index contributed by atoms with van der Waals surface area (Å²) in [6.07, 6.45) is -0.703. The van der Waals surface area contributed by atoms with Crippen LogP contribution in [-0.4, -0.2) is 85.5 Å². The van der Waals surface area contributed by atoms with E-state index in [1.165, 1.54) is 34.8 Å². The highest BCUT2D eigenvalue weighted by Crippen LogP contribution is 2.43. The first-order valence-corrected chi connectivity index (χ1v) is 16.2. The number of Topliss-reactive ketones (excluding diaryl/α,β-unsaturated/α-hetero) is 1. The zero-order valence-corrected chi connectivity index (χ0v) is 29.2. The molecule has 0 amide bonds. The third-order valence-corrected chi connectivity index (χ3v) is 8.47. The van der Waals surface area contributed by atoms with E-state index in [-0.39, 0.29) is 67.3 Å². The summed E-state index contributed by atoms with van der Waals surface area (Å²) in [5, 5.41) is 19.8. The standard InChI is InChI=1S/C33H49NO12S/c1-9-10-15-44-30(40)24(32(6,20-34)14-13-26(36)46-19-27(37)45-18-25(35)22(2)3)17-33(7,31(41)42-8)21-47-28(38)12-11-16-43-29(39)23(4)5/h24,27,37H,2,4,9-19,21H2,1,3,5-8H3. The van der Waals surface area contributed by atoms with Gasteiger partial charge in [-0.05, 0) is 59.0 Å². The minimum atomic E-state index is -1.57. The van der Waals surface area contributed by atoms with Gasteiger partial charge < -0.3 is 28.8 Å². The average Bonchev–Trinajstić information content (AvgIpc) is 3.04. The Hall–Kier alpha value is -3.54. The number of ether oxygens (including phenoxy) is 5. The zero-order chi connectivity index (χ0) is 36.2. The molecule has 0 aromatic heterocycles. The number of hydrogen-bond donors (Lipinski definition) is 1. The van der Waals surface area contributed by atoms with E-state index in [2.05, 4.69) is 19.2 Å². The van der Waals surface area contributed by atoms with Gasteiger partial charge in [0.15, 0.2) is 17.2 Å². The highest BCUT2D eigenvalue weighted by Gasteiger charge is 2.48. The van der Waals surface area contributed by atoms with Crippen LogP contribution in [0.25, 0.3) is 0 Å². The monoisotopic (exact) mass is 683 g/mol. The third-order valence-electron chi connectivity index (χ3n) is 7.16. The fraction of sp³-hybridized carbons (Fsp3) is 0.667. The zero-order valence-electron chi connectivity index (χ0n) is 28.3. The maximum Gasteiger partial charge on any atom is 0.333 e. The Labute approximate surface area is 281 Å². The molecule has 264 valence electrons. The van der Waals surface area contributed by atoms with Gasteiger partial charge in [0.2, 0.25) is 0 Å². The number of rotatable bonds is 24. The molecule has 4 atom stereocenters. The van der Waals surface area contributed by atoms with Crippen LogP contribution in [0.1, 0.15) is 79.6 Å². The molecule has 0 aliphatic heterocycles. The summed E-state index contributed by atoms with van der Waals surface area (Å²) in [6.45, 7) is 13.9. The van der Waals surface area contributed by atoms with Crippen molar-refractivity contribution in [2.75, 3.05) is 39.3 Å². The Balaban J connectivity index is 5.71. The summed E-state index contributed by atoms with van der Waals surface area (Å²) in [7, 11) is 1.17. The molecular formula is C33H49NO12S. The Morgan fingerprint density at radius 1 is 0.957 bits per heavy atom. The van der Waals surface area contributed by atoms with Gasteiger partial charge in [-0.15, -0.1) is 0 Å². The molecule has 0 radical (unpaired) electrons. The quantitative estimate of drug-likeness (QED) is 0.0504. The minimum absolute atomic E-state index is 0.0154. The number of carbonyl (C=O) groups excluding carboxylic acids is 6. The van der Waals surface area contributed by atoms with Crippen LogP contribution in [0.15, 0.2) is 24.3 Å². The first kappa shape index (κ1) is 43.5. The highest BCUT2D eigenvalue weighted by molar-refractivity contribution is 8.13. The molecule has 0 fully saturated rings. The molecule has 14 heteroatoms. The molecule has 0 aliphatic carbocycles. The van der Waals surface area contributed by atoms with E-state index >= 15 is 0 Å². The van der Waals surface area contributed by atoms with Gasteiger partial charge in [0.05, 0.1) is 43.1 Å². The van der Waals surface area contributed by atoms with Crippen molar-refractivity contribution in [2.24, 2.45) is 16.7 Å². The van der Waals surface area contributed by atoms with E-state index in [0.29, 0.717) is 6.42 Å². The number of nitriles is 1. The predicted molar refractivity (Wildman–Crippen MR) is 172 cm³/mol. The lowest BCUT2D eigenvalue weighted by molar-refractivity contribution is -0.168. The molecule has 13 nitrogen and oxygen atoms in total. The predicted octanol–water partition coefficient (Wildman–Crippen LogP) is 4.01. The normalized spacial score (nSPS) is 14.6. The van der Waals surface area contributed by atoms with Gasteiger partial charge in [0.25, 0.3) is 0 Å². The Kier molecular flexibility index (Phi) is 20.4. The first-order chi connectivity index (χ1) is 22.0. The number of unbranched alkanes of at least 4 members (excludes halogenated alkanes) is 1. The highest BCUT2D eigenvalue weighted by atomic mass is 32.2. The average molecular weight is 684 g/mol. The Bertz CT molecular complexity index is 1180. The second-order valence-electron chi connectivity index (χ2n) is 11.7. The number of ketones is 1. The van der Waals surface area contributed by atoms with Gasteiger partial charge >= 0.3 is 23.9 Å². The lowest BCUT2D eigenvalue weighted by Crippen LogP contribution is -2.42. The third kappa shape index (κ3) is 16.7. The van der Waals surface area contributed by atoms with E-state index in [4.69, 9.17) is 23.7 Å². The summed E-state index contributed by atoms with van der Waals surface area (Å²) in [6, 6.07) is 2.11. The number of nitrogens with zero attached hydrogens (tertiary/aromatic N) is 1. The number of carbonyl (C=O) groups is 6. The van der Waals surface area contributed by atoms with Crippen LogP contribution in [0.3, 0.4) is 0 Å². The molecule has 0 spiro atoms. The van der Waals surface area contributed by atoms with E-state index in [0.717, 1.165) is 18.2 Å². The molecule has 0 rings (SSSR count). The summed E-state index contributed by atoms with van der Waals surface area (Å²) in [5.74, 6) is -4.54. The topological polar surface area (TPSA) is 193 Å². The van der Waals surface area contributed by atoms with Crippen LogP contribution in [0.5, 0.6) is 0 Å². The van der Waals surface area contributed by atoms with Crippen molar-refractivity contribution in [2.45, 2.75) is 85.9 Å². The lowest BCUT2D eigenvalue weighted by Gasteiger charge is -2.36. The van der Waals surface area contributed by atoms with Crippen LogP contribution >= 0.6 is 11.8 Å². The molecule has 0 saturated carbocycles. The second kappa shape index (κ2) is 22.1. The summed E-state index contributed by atoms with van der Waals surface area (Å²) in [5.41, 5.74) is -2.47. The summed E-state index contributed by atoms with van der Waals surface area (Å²) < 4.78 is 25.4. The van der Waals surface area contributed by atoms with Gasteiger partial charge in [0.1, 0.15) is 13.2 Å². The van der Waals surface area contributed by atoms with E-state index < -0.39 is 65.9 Å². The molecule has 0 saturated heterocycles.